The zero-order chi connectivity index (χ0) is 77.5. The number of hydrogen-bond donors (Lipinski definition) is 4. The summed E-state index contributed by atoms with van der Waals surface area (Å²) in [4.78, 5) is 77.4. The van der Waals surface area contributed by atoms with Crippen LogP contribution in [0.15, 0.2) is 0 Å². The Morgan fingerprint density at radius 2 is 0.716 bits per heavy atom. The average Bonchev–Trinajstić information content (AvgIpc) is 0.875. The minimum atomic E-state index is -0.804. The number of carbonyl (C=O) groups is 6. The Balaban J connectivity index is 4.23. The summed E-state index contributed by atoms with van der Waals surface area (Å²) < 4.78 is 76.3. The Hall–Kier alpha value is -3.44. The van der Waals surface area contributed by atoms with Crippen molar-refractivity contribution in [1.29, 1.82) is 0 Å². The Labute approximate surface area is 619 Å². The highest BCUT2D eigenvalue weighted by molar-refractivity contribution is 6.73. The molecule has 4 N–H and O–H groups in total. The standard InChI is InChI=1S/C77H150BN5O19/c1-23-24-34-78-67(89)83(39-44-92-48-52-96-56-54-94-50-46-90-41-25-63(85)79-35-29-74(15,16)99-60-70(7,8)58-84)40-45-93-49-53-97-57-55-95-51-47-91-42-26-64(86)80-36-30-75(17,18)101-61-72(11,12)66(88)82-37-31-73(13,14)98-43-33-71(9,10)65(87)81-38-32-76(19,20)102-62-77(21,22)100-59-69(5,6)28-27-68(2,3)4/h58,78H,23-57,59-62H2,1-22H3,(H,79,85)(H,80,86)(H,81,87)(H,82,88). The smallest absolute Gasteiger partial charge is 0.234 e. The largest absolute Gasteiger partial charge is 0.379 e. The van der Waals surface area contributed by atoms with Crippen LogP contribution in [0.5, 0.6) is 0 Å². The van der Waals surface area contributed by atoms with Crippen molar-refractivity contribution in [1.82, 2.24) is 26.2 Å². The molecule has 0 spiro atoms. The highest BCUT2D eigenvalue weighted by Crippen LogP contribution is 2.33. The normalized spacial score (nSPS) is 13.1. The first-order valence-corrected chi connectivity index (χ1v) is 38.1. The summed E-state index contributed by atoms with van der Waals surface area (Å²) in [6, 6.07) is 0. The number of rotatable bonds is 67. The molecule has 5 amide bonds. The van der Waals surface area contributed by atoms with E-state index in [-0.39, 0.29) is 66.3 Å². The van der Waals surface area contributed by atoms with Gasteiger partial charge in [0.05, 0.1) is 166 Å². The lowest BCUT2D eigenvalue weighted by Gasteiger charge is -2.36. The molecule has 0 aliphatic rings. The SMILES string of the molecule is CCCCBC(=O)N(CCOCCOCCOCCOCCC(=O)NCCC(C)(C)OCC(C)(C)C=O)CCOCCOCCOCCOCCC(=O)NCCC(C)(C)OCC(C)(C)C(=O)NCCC(C)(C)OCCC(C)(C)C(=O)NCCC(C)(C)OCC(C)(C)OCC(C)(C)CCC(C)(C)C. The summed E-state index contributed by atoms with van der Waals surface area (Å²) in [6.45, 7) is 55.2. The summed E-state index contributed by atoms with van der Waals surface area (Å²) in [6.07, 6.45) is 9.38. The number of aldehydes is 1. The predicted molar refractivity (Wildman–Crippen MR) is 405 cm³/mol. The molecule has 0 unspecified atom stereocenters. The fraction of sp³-hybridized carbons (Fsp3) is 0.922. The van der Waals surface area contributed by atoms with Gasteiger partial charge in [-0.25, -0.2) is 0 Å². The van der Waals surface area contributed by atoms with Gasteiger partial charge in [-0.3, -0.25) is 24.0 Å². The van der Waals surface area contributed by atoms with Crippen LogP contribution in [0, 0.1) is 27.1 Å². The van der Waals surface area contributed by atoms with Gasteiger partial charge in [0.25, 0.3) is 0 Å². The fourth-order valence-electron chi connectivity index (χ4n) is 9.29. The van der Waals surface area contributed by atoms with Gasteiger partial charge in [0, 0.05) is 69.5 Å². The van der Waals surface area contributed by atoms with Crippen LogP contribution in [0.1, 0.15) is 223 Å². The molecule has 0 aliphatic heterocycles. The first-order chi connectivity index (χ1) is 47.4. The molecule has 0 rings (SSSR count). The maximum Gasteiger partial charge on any atom is 0.234 e. The zero-order valence-electron chi connectivity index (χ0n) is 68.6. The van der Waals surface area contributed by atoms with Gasteiger partial charge in [-0.05, 0) is 139 Å². The van der Waals surface area contributed by atoms with Gasteiger partial charge in [-0.2, -0.15) is 0 Å². The highest BCUT2D eigenvalue weighted by Gasteiger charge is 2.35. The van der Waals surface area contributed by atoms with Crippen LogP contribution in [0.2, 0.25) is 6.32 Å². The van der Waals surface area contributed by atoms with Gasteiger partial charge in [-0.15, -0.1) is 0 Å². The van der Waals surface area contributed by atoms with E-state index in [9.17, 15) is 28.8 Å². The predicted octanol–water partition coefficient (Wildman–Crippen LogP) is 10.5. The van der Waals surface area contributed by atoms with Crippen molar-refractivity contribution in [2.45, 2.75) is 257 Å². The summed E-state index contributed by atoms with van der Waals surface area (Å²) in [5.74, 6) is -0.307. The van der Waals surface area contributed by atoms with Gasteiger partial charge in [0.2, 0.25) is 30.9 Å². The van der Waals surface area contributed by atoms with Gasteiger partial charge in [0.15, 0.2) is 5.81 Å². The number of hydrogen-bond acceptors (Lipinski definition) is 19. The van der Waals surface area contributed by atoms with Crippen LogP contribution < -0.4 is 21.3 Å². The molecule has 0 bridgehead atoms. The number of amides is 5. The quantitative estimate of drug-likeness (QED) is 0.0250. The topological polar surface area (TPSA) is 274 Å². The van der Waals surface area contributed by atoms with E-state index in [1.807, 2.05) is 96.9 Å². The lowest BCUT2D eigenvalue weighted by atomic mass is 9.71. The highest BCUT2D eigenvalue weighted by atomic mass is 16.6. The molecule has 0 saturated carbocycles. The Morgan fingerprint density at radius 1 is 0.363 bits per heavy atom. The Kier molecular flexibility index (Phi) is 50.0. The monoisotopic (exact) mass is 1460 g/mol. The maximum absolute atomic E-state index is 13.4. The van der Waals surface area contributed by atoms with E-state index in [4.69, 9.17) is 61.6 Å². The van der Waals surface area contributed by atoms with Crippen LogP contribution >= 0.6 is 0 Å². The number of nitrogens with one attached hydrogen (secondary N) is 4. The van der Waals surface area contributed by atoms with Gasteiger partial charge >= 0.3 is 0 Å². The lowest BCUT2D eigenvalue weighted by molar-refractivity contribution is -0.138. The molecule has 25 heteroatoms. The van der Waals surface area contributed by atoms with Gasteiger partial charge in [-0.1, -0.05) is 88.4 Å². The van der Waals surface area contributed by atoms with Crippen LogP contribution in [0.3, 0.4) is 0 Å². The van der Waals surface area contributed by atoms with Crippen LogP contribution in [-0.4, -0.2) is 254 Å². The average molecular weight is 1460 g/mol. The van der Waals surface area contributed by atoms with Crippen molar-refractivity contribution in [2.75, 3.05) is 178 Å². The molecule has 0 aromatic rings. The molecular weight excluding hydrogens is 1310 g/mol. The molecular formula is C77H150BN5O19. The molecule has 0 saturated heterocycles. The van der Waals surface area contributed by atoms with Crippen molar-refractivity contribution < 1.29 is 90.3 Å². The second kappa shape index (κ2) is 51.8. The molecule has 0 radical (unpaired) electrons. The molecule has 102 heavy (non-hydrogen) atoms. The van der Waals surface area contributed by atoms with E-state index in [0.717, 1.165) is 38.3 Å². The summed E-state index contributed by atoms with van der Waals surface area (Å²) in [5, 5.41) is 12.0. The van der Waals surface area contributed by atoms with Crippen molar-refractivity contribution in [2.24, 2.45) is 27.1 Å². The lowest BCUT2D eigenvalue weighted by Crippen LogP contribution is -2.44. The van der Waals surface area contributed by atoms with E-state index >= 15 is 0 Å². The van der Waals surface area contributed by atoms with E-state index in [0.29, 0.717) is 204 Å². The number of unbranched alkanes of at least 4 members (excludes halogenated alkanes) is 1. The summed E-state index contributed by atoms with van der Waals surface area (Å²) in [5.41, 5.74) is -4.12. The zero-order valence-corrected chi connectivity index (χ0v) is 68.6. The first kappa shape index (κ1) is 98.6. The second-order valence-corrected chi connectivity index (χ2v) is 34.1. The first-order valence-electron chi connectivity index (χ1n) is 38.1. The number of carbonyl (C=O) groups excluding carboxylic acids is 6. The molecule has 600 valence electrons. The van der Waals surface area contributed by atoms with Crippen LogP contribution in [0.25, 0.3) is 0 Å². The minimum absolute atomic E-state index is 0.0341. The summed E-state index contributed by atoms with van der Waals surface area (Å²) in [7, 11) is 0.486. The Bertz CT molecular complexity index is 2260. The van der Waals surface area contributed by atoms with Crippen molar-refractivity contribution in [3.63, 3.8) is 0 Å². The number of nitrogens with zero attached hydrogens (tertiary/aromatic N) is 1. The molecule has 0 atom stereocenters. The fourth-order valence-corrected chi connectivity index (χ4v) is 9.29. The molecule has 0 heterocycles. The third-order valence-corrected chi connectivity index (χ3v) is 17.3. The van der Waals surface area contributed by atoms with Crippen molar-refractivity contribution in [3.05, 3.63) is 0 Å². The minimum Gasteiger partial charge on any atom is -0.379 e. The van der Waals surface area contributed by atoms with Crippen LogP contribution in [-0.2, 0) is 85.6 Å². The molecule has 24 nitrogen and oxygen atoms in total. The third kappa shape index (κ3) is 55.9. The number of ether oxygens (including phenoxy) is 13. The maximum atomic E-state index is 13.4. The van der Waals surface area contributed by atoms with Gasteiger partial charge in [0.1, 0.15) is 6.29 Å². The van der Waals surface area contributed by atoms with E-state index in [1.54, 1.807) is 4.90 Å². The van der Waals surface area contributed by atoms with E-state index < -0.39 is 44.3 Å². The van der Waals surface area contributed by atoms with Crippen molar-refractivity contribution >= 4 is 43.0 Å². The van der Waals surface area contributed by atoms with Gasteiger partial charge < -0.3 is 92.5 Å². The third-order valence-electron chi connectivity index (χ3n) is 17.3. The van der Waals surface area contributed by atoms with Crippen LogP contribution in [0.4, 0.5) is 4.79 Å². The van der Waals surface area contributed by atoms with E-state index in [2.05, 4.69) is 76.7 Å². The molecule has 0 aromatic heterocycles. The Morgan fingerprint density at radius 3 is 1.12 bits per heavy atom. The summed E-state index contributed by atoms with van der Waals surface area (Å²) >= 11 is 0. The van der Waals surface area contributed by atoms with Crippen molar-refractivity contribution in [3.8, 4) is 0 Å². The van der Waals surface area contributed by atoms with E-state index in [1.165, 1.54) is 0 Å². The molecule has 0 aromatic carbocycles. The molecule has 0 fully saturated rings. The molecule has 0 aliphatic carbocycles. The second-order valence-electron chi connectivity index (χ2n) is 34.1.